The van der Waals surface area contributed by atoms with E-state index in [1.165, 1.54) is 5.39 Å². The summed E-state index contributed by atoms with van der Waals surface area (Å²) in [5.74, 6) is 0.687. The van der Waals surface area contributed by atoms with Crippen LogP contribution in [-0.4, -0.2) is 15.0 Å². The molecule has 0 aliphatic carbocycles. The Morgan fingerprint density at radius 2 is 1.30 bits per heavy atom. The summed E-state index contributed by atoms with van der Waals surface area (Å²) in [5.41, 5.74) is 2.94. The largest absolute Gasteiger partial charge is 0.340 e. The van der Waals surface area contributed by atoms with E-state index in [-0.39, 0.29) is 0 Å². The smallest absolute Gasteiger partial charge is 0.0622 e. The summed E-state index contributed by atoms with van der Waals surface area (Å²) in [5, 5.41) is 12.0. The number of tetrazole rings is 1. The van der Waals surface area contributed by atoms with Crippen molar-refractivity contribution in [3.63, 3.8) is 0 Å². The van der Waals surface area contributed by atoms with Gasteiger partial charge in [0.15, 0.2) is 5.69 Å². The molecule has 4 heteroatoms. The van der Waals surface area contributed by atoms with E-state index < -0.39 is 0 Å². The van der Waals surface area contributed by atoms with E-state index in [1.54, 1.807) is 0 Å². The van der Waals surface area contributed by atoms with Gasteiger partial charge in [0.1, 0.15) is 5.69 Å². The van der Waals surface area contributed by atoms with Crippen LogP contribution in [-0.2, 0) is 0 Å². The topological polar surface area (TPSA) is 34.6 Å². The first-order valence-electron chi connectivity index (χ1n) is 8.89. The number of hydrogen-bond acceptors (Lipinski definition) is 2. The summed E-state index contributed by atoms with van der Waals surface area (Å²) in [6.45, 7) is 0. The molecule has 5 rings (SSSR count). The van der Waals surface area contributed by atoms with Crippen molar-refractivity contribution >= 4 is 10.8 Å². The quantitative estimate of drug-likeness (QED) is 0.454. The second-order valence-corrected chi connectivity index (χ2v) is 6.30. The monoisotopic (exact) mass is 349 g/mol. The van der Waals surface area contributed by atoms with E-state index in [0.29, 0.717) is 5.82 Å². The average molecular weight is 349 g/mol. The van der Waals surface area contributed by atoms with Gasteiger partial charge in [-0.25, -0.2) is 0 Å². The maximum absolute atomic E-state index is 4.85. The number of rotatable bonds is 3. The summed E-state index contributed by atoms with van der Waals surface area (Å²) in [6, 6.07) is 34.7. The minimum Gasteiger partial charge on any atom is -0.0622 e. The summed E-state index contributed by atoms with van der Waals surface area (Å²) in [6.07, 6.45) is 0. The van der Waals surface area contributed by atoms with Gasteiger partial charge in [-0.15, -0.1) is 0 Å². The first kappa shape index (κ1) is 15.5. The third-order valence-electron chi connectivity index (χ3n) is 4.56. The molecular weight excluding hydrogens is 332 g/mol. The van der Waals surface area contributed by atoms with E-state index in [1.807, 2.05) is 82.4 Å². The van der Waals surface area contributed by atoms with Gasteiger partial charge in [-0.1, -0.05) is 72.8 Å². The Kier molecular flexibility index (Phi) is 3.72. The van der Waals surface area contributed by atoms with E-state index in [0.717, 1.165) is 22.3 Å². The van der Waals surface area contributed by atoms with Gasteiger partial charge in [0.25, 0.3) is 0 Å². The van der Waals surface area contributed by atoms with Crippen molar-refractivity contribution in [1.29, 1.82) is 0 Å². The second kappa shape index (κ2) is 6.50. The Bertz CT molecular complexity index is 1210. The lowest BCUT2D eigenvalue weighted by Gasteiger charge is -2.04. The zero-order valence-electron chi connectivity index (χ0n) is 14.6. The summed E-state index contributed by atoms with van der Waals surface area (Å²) < 4.78 is 0. The maximum atomic E-state index is 4.85. The van der Waals surface area contributed by atoms with Crippen LogP contribution in [0.2, 0.25) is 0 Å². The Hall–Kier alpha value is -3.79. The maximum Gasteiger partial charge on any atom is 0.340 e. The number of para-hydroxylation sites is 1. The van der Waals surface area contributed by atoms with Crippen LogP contribution in [0.4, 0.5) is 0 Å². The number of nitrogens with zero attached hydrogens (tertiary/aromatic N) is 4. The molecule has 1 heterocycles. The van der Waals surface area contributed by atoms with Crippen molar-refractivity contribution in [3.8, 4) is 22.8 Å². The van der Waals surface area contributed by atoms with Crippen molar-refractivity contribution in [2.24, 2.45) is 0 Å². The fourth-order valence-corrected chi connectivity index (χ4v) is 3.25. The number of aromatic nitrogens is 4. The number of hydrogen-bond donors (Lipinski definition) is 0. The Labute approximate surface area is 156 Å². The average Bonchev–Trinajstić information content (AvgIpc) is 3.20. The molecule has 0 unspecified atom stereocenters. The Morgan fingerprint density at radius 3 is 2.11 bits per heavy atom. The molecule has 0 bridgehead atoms. The van der Waals surface area contributed by atoms with Gasteiger partial charge in [-0.3, -0.25) is 0 Å². The molecule has 0 spiro atoms. The summed E-state index contributed by atoms with van der Waals surface area (Å²) in [7, 11) is 0. The zero-order chi connectivity index (χ0) is 18.1. The molecule has 0 saturated heterocycles. The molecule has 0 N–H and O–H groups in total. The van der Waals surface area contributed by atoms with Crippen molar-refractivity contribution in [2.75, 3.05) is 0 Å². The third kappa shape index (κ3) is 2.77. The molecule has 27 heavy (non-hydrogen) atoms. The number of fused-ring (bicyclic) bond motifs is 1. The minimum absolute atomic E-state index is 0.687. The van der Waals surface area contributed by atoms with Gasteiger partial charge in [0.2, 0.25) is 0 Å². The molecule has 0 atom stereocenters. The lowest BCUT2D eigenvalue weighted by atomic mass is 10.1. The van der Waals surface area contributed by atoms with Gasteiger partial charge >= 0.3 is 5.82 Å². The van der Waals surface area contributed by atoms with Gasteiger partial charge in [-0.05, 0) is 45.6 Å². The fourth-order valence-electron chi connectivity index (χ4n) is 3.25. The van der Waals surface area contributed by atoms with Crippen molar-refractivity contribution in [1.82, 2.24) is 15.0 Å². The van der Waals surface area contributed by atoms with Crippen LogP contribution in [0.15, 0.2) is 103 Å². The van der Waals surface area contributed by atoms with Gasteiger partial charge < -0.3 is 0 Å². The zero-order valence-corrected chi connectivity index (χ0v) is 14.6. The molecule has 128 valence electrons. The van der Waals surface area contributed by atoms with Gasteiger partial charge in [-0.2, -0.15) is 0 Å². The van der Waals surface area contributed by atoms with Crippen LogP contribution in [0.1, 0.15) is 0 Å². The molecule has 0 aliphatic rings. The molecular formula is C23H17N4+. The highest BCUT2D eigenvalue weighted by molar-refractivity contribution is 5.89. The van der Waals surface area contributed by atoms with E-state index in [4.69, 9.17) is 10.2 Å². The second-order valence-electron chi connectivity index (χ2n) is 6.30. The predicted molar refractivity (Wildman–Crippen MR) is 106 cm³/mol. The highest BCUT2D eigenvalue weighted by Crippen LogP contribution is 2.22. The molecule has 5 aromatic rings. The first-order valence-corrected chi connectivity index (χ1v) is 8.89. The van der Waals surface area contributed by atoms with Crippen molar-refractivity contribution < 1.29 is 4.80 Å². The normalized spacial score (nSPS) is 11.0. The van der Waals surface area contributed by atoms with E-state index >= 15 is 0 Å². The number of benzene rings is 4. The lowest BCUT2D eigenvalue weighted by molar-refractivity contribution is -0.734. The van der Waals surface area contributed by atoms with Crippen molar-refractivity contribution in [3.05, 3.63) is 103 Å². The fraction of sp³-hybridized carbons (Fsp3) is 0. The van der Waals surface area contributed by atoms with Crippen molar-refractivity contribution in [2.45, 2.75) is 0 Å². The third-order valence-corrected chi connectivity index (χ3v) is 4.56. The minimum atomic E-state index is 0.687. The van der Waals surface area contributed by atoms with Crippen LogP contribution in [0.25, 0.3) is 33.5 Å². The van der Waals surface area contributed by atoms with Crippen LogP contribution < -0.4 is 4.80 Å². The standard InChI is InChI=1S/C23H17N4/c1-3-11-19(12-4-1)23-24-26(20-14-5-2-6-15-20)27(25-23)22-17-9-13-18-10-7-8-16-21(18)22/h1-17H/q+1. The van der Waals surface area contributed by atoms with Crippen LogP contribution in [0.5, 0.6) is 0 Å². The van der Waals surface area contributed by atoms with E-state index in [2.05, 4.69) is 30.3 Å². The Morgan fingerprint density at radius 1 is 0.630 bits per heavy atom. The molecule has 0 aliphatic heterocycles. The highest BCUT2D eigenvalue weighted by Gasteiger charge is 2.24. The molecule has 0 saturated carbocycles. The molecule has 4 aromatic carbocycles. The summed E-state index contributed by atoms with van der Waals surface area (Å²) in [4.78, 5) is 3.73. The predicted octanol–water partition coefficient (Wildman–Crippen LogP) is 4.36. The molecule has 0 radical (unpaired) electrons. The summed E-state index contributed by atoms with van der Waals surface area (Å²) >= 11 is 0. The van der Waals surface area contributed by atoms with Gasteiger partial charge in [0.05, 0.1) is 10.7 Å². The van der Waals surface area contributed by atoms with Crippen LogP contribution in [0, 0.1) is 0 Å². The molecule has 0 fully saturated rings. The Balaban J connectivity index is 1.79. The van der Waals surface area contributed by atoms with E-state index in [9.17, 15) is 0 Å². The molecule has 0 amide bonds. The molecule has 1 aromatic heterocycles. The lowest BCUT2D eigenvalue weighted by Crippen LogP contribution is -2.43. The SMILES string of the molecule is c1ccc(-c2nn(-c3cccc4ccccc34)[n+](-c3ccccc3)n2)cc1. The van der Waals surface area contributed by atoms with Crippen LogP contribution in [0.3, 0.4) is 0 Å². The van der Waals surface area contributed by atoms with Gasteiger partial charge in [0, 0.05) is 10.2 Å². The van der Waals surface area contributed by atoms with Crippen LogP contribution >= 0.6 is 0 Å². The first-order chi connectivity index (χ1) is 13.4. The molecule has 4 nitrogen and oxygen atoms in total. The highest BCUT2D eigenvalue weighted by atomic mass is 15.7.